The molecule has 0 aliphatic carbocycles. The van der Waals surface area contributed by atoms with Crippen LogP contribution in [0.3, 0.4) is 0 Å². The highest BCUT2D eigenvalue weighted by molar-refractivity contribution is 7.09. The Morgan fingerprint density at radius 1 is 1.29 bits per heavy atom. The van der Waals surface area contributed by atoms with E-state index in [0.717, 1.165) is 29.5 Å². The van der Waals surface area contributed by atoms with Crippen LogP contribution in [0.2, 0.25) is 0 Å². The molecule has 0 unspecified atom stereocenters. The van der Waals surface area contributed by atoms with Gasteiger partial charge in [-0.25, -0.2) is 4.98 Å². The molecule has 17 heavy (non-hydrogen) atoms. The van der Waals surface area contributed by atoms with E-state index in [1.165, 1.54) is 0 Å². The van der Waals surface area contributed by atoms with Crippen LogP contribution in [-0.2, 0) is 6.54 Å². The lowest BCUT2D eigenvalue weighted by Crippen LogP contribution is -2.18. The summed E-state index contributed by atoms with van der Waals surface area (Å²) in [5.74, 6) is 0.662. The van der Waals surface area contributed by atoms with Crippen molar-refractivity contribution in [2.45, 2.75) is 20.4 Å². The van der Waals surface area contributed by atoms with Crippen LogP contribution >= 0.6 is 11.3 Å². The smallest absolute Gasteiger partial charge is 0.108 e. The van der Waals surface area contributed by atoms with Crippen LogP contribution in [0.25, 0.3) is 11.4 Å². The maximum absolute atomic E-state index is 4.53. The summed E-state index contributed by atoms with van der Waals surface area (Å²) in [5.41, 5.74) is 1.74. The van der Waals surface area contributed by atoms with Crippen LogP contribution in [0.1, 0.15) is 18.9 Å². The average molecular weight is 248 g/mol. The summed E-state index contributed by atoms with van der Waals surface area (Å²) >= 11 is 1.65. The largest absolute Gasteiger partial charge is 0.310 e. The van der Waals surface area contributed by atoms with E-state index in [1.54, 1.807) is 29.9 Å². The fourth-order valence-electron chi connectivity index (χ4n) is 1.41. The number of thiazole rings is 1. The lowest BCUT2D eigenvalue weighted by molar-refractivity contribution is 0.551. The van der Waals surface area contributed by atoms with E-state index in [1.807, 2.05) is 5.38 Å². The molecule has 0 atom stereocenters. The molecule has 0 spiro atoms. The number of aromatic nitrogens is 3. The fourth-order valence-corrected chi connectivity index (χ4v) is 2.17. The second kappa shape index (κ2) is 5.84. The highest BCUT2D eigenvalue weighted by Gasteiger charge is 2.05. The number of rotatable bonds is 5. The molecule has 0 bridgehead atoms. The molecular weight excluding hydrogens is 232 g/mol. The molecule has 5 heteroatoms. The van der Waals surface area contributed by atoms with Crippen LogP contribution in [0.4, 0.5) is 0 Å². The number of hydrogen-bond acceptors (Lipinski definition) is 5. The first kappa shape index (κ1) is 12.1. The molecule has 2 rings (SSSR count). The van der Waals surface area contributed by atoms with E-state index in [4.69, 9.17) is 0 Å². The Bertz CT molecular complexity index is 453. The van der Waals surface area contributed by atoms with Gasteiger partial charge in [0.15, 0.2) is 0 Å². The molecule has 0 saturated carbocycles. The van der Waals surface area contributed by atoms with E-state index < -0.39 is 0 Å². The molecule has 90 valence electrons. The number of nitrogens with zero attached hydrogens (tertiary/aromatic N) is 3. The SMILES string of the molecule is CC(C)CNCc1nc(-c2cnccn2)cs1. The molecule has 2 aromatic rings. The first-order valence-corrected chi connectivity index (χ1v) is 6.55. The monoisotopic (exact) mass is 248 g/mol. The average Bonchev–Trinajstić information content (AvgIpc) is 2.78. The Hall–Kier alpha value is -1.33. The molecule has 0 aromatic carbocycles. The van der Waals surface area contributed by atoms with Crippen molar-refractivity contribution in [1.29, 1.82) is 0 Å². The summed E-state index contributed by atoms with van der Waals surface area (Å²) in [5, 5.41) is 6.49. The fraction of sp³-hybridized carbons (Fsp3) is 0.417. The van der Waals surface area contributed by atoms with E-state index in [-0.39, 0.29) is 0 Å². The Morgan fingerprint density at radius 2 is 2.18 bits per heavy atom. The summed E-state index contributed by atoms with van der Waals surface area (Å²) in [6.07, 6.45) is 5.09. The Kier molecular flexibility index (Phi) is 4.17. The van der Waals surface area contributed by atoms with Gasteiger partial charge in [-0.1, -0.05) is 13.8 Å². The second-order valence-corrected chi connectivity index (χ2v) is 5.18. The number of nitrogens with one attached hydrogen (secondary N) is 1. The van der Waals surface area contributed by atoms with Crippen molar-refractivity contribution in [2.24, 2.45) is 5.92 Å². The van der Waals surface area contributed by atoms with E-state index in [0.29, 0.717) is 5.92 Å². The molecule has 0 aliphatic heterocycles. The molecule has 0 amide bonds. The summed E-state index contributed by atoms with van der Waals surface area (Å²) in [6, 6.07) is 0. The van der Waals surface area contributed by atoms with Gasteiger partial charge in [-0.05, 0) is 12.5 Å². The maximum Gasteiger partial charge on any atom is 0.108 e. The zero-order chi connectivity index (χ0) is 12.1. The molecule has 1 N–H and O–H groups in total. The molecular formula is C12H16N4S. The van der Waals surface area contributed by atoms with Crippen LogP contribution in [0, 0.1) is 5.92 Å². The summed E-state index contributed by atoms with van der Waals surface area (Å²) in [6.45, 7) is 6.23. The van der Waals surface area contributed by atoms with Gasteiger partial charge in [0.25, 0.3) is 0 Å². The third kappa shape index (κ3) is 3.57. The van der Waals surface area contributed by atoms with Gasteiger partial charge in [0.05, 0.1) is 6.20 Å². The minimum Gasteiger partial charge on any atom is -0.310 e. The highest BCUT2D eigenvalue weighted by atomic mass is 32.1. The Morgan fingerprint density at radius 3 is 2.88 bits per heavy atom. The van der Waals surface area contributed by atoms with Gasteiger partial charge in [-0.15, -0.1) is 11.3 Å². The third-order valence-corrected chi connectivity index (χ3v) is 3.05. The molecule has 0 radical (unpaired) electrons. The molecule has 0 saturated heterocycles. The second-order valence-electron chi connectivity index (χ2n) is 4.24. The normalized spacial score (nSPS) is 11.0. The topological polar surface area (TPSA) is 50.7 Å². The minimum absolute atomic E-state index is 0.662. The van der Waals surface area contributed by atoms with Crippen molar-refractivity contribution in [2.75, 3.05) is 6.54 Å². The zero-order valence-electron chi connectivity index (χ0n) is 10.1. The lowest BCUT2D eigenvalue weighted by Gasteiger charge is -2.04. The Balaban J connectivity index is 1.97. The van der Waals surface area contributed by atoms with Gasteiger partial charge in [-0.2, -0.15) is 0 Å². The Labute approximate surface area is 105 Å². The first-order valence-electron chi connectivity index (χ1n) is 5.67. The quantitative estimate of drug-likeness (QED) is 0.882. The van der Waals surface area contributed by atoms with Crippen molar-refractivity contribution < 1.29 is 0 Å². The highest BCUT2D eigenvalue weighted by Crippen LogP contribution is 2.18. The standard InChI is InChI=1S/C12H16N4S/c1-9(2)5-14-7-12-16-11(8-17-12)10-6-13-3-4-15-10/h3-4,6,8-9,14H,5,7H2,1-2H3. The van der Waals surface area contributed by atoms with Gasteiger partial charge in [0.2, 0.25) is 0 Å². The molecule has 0 fully saturated rings. The van der Waals surface area contributed by atoms with Crippen LogP contribution in [0.5, 0.6) is 0 Å². The van der Waals surface area contributed by atoms with E-state index >= 15 is 0 Å². The van der Waals surface area contributed by atoms with Crippen LogP contribution in [-0.4, -0.2) is 21.5 Å². The van der Waals surface area contributed by atoms with Crippen molar-refractivity contribution in [1.82, 2.24) is 20.3 Å². The van der Waals surface area contributed by atoms with E-state index in [9.17, 15) is 0 Å². The van der Waals surface area contributed by atoms with Gasteiger partial charge >= 0.3 is 0 Å². The van der Waals surface area contributed by atoms with Crippen LogP contribution in [0.15, 0.2) is 24.0 Å². The predicted molar refractivity (Wildman–Crippen MR) is 69.7 cm³/mol. The molecule has 4 nitrogen and oxygen atoms in total. The summed E-state index contributed by atoms with van der Waals surface area (Å²) in [4.78, 5) is 12.8. The summed E-state index contributed by atoms with van der Waals surface area (Å²) in [7, 11) is 0. The molecule has 2 heterocycles. The number of hydrogen-bond donors (Lipinski definition) is 1. The van der Waals surface area contributed by atoms with Gasteiger partial charge in [-0.3, -0.25) is 9.97 Å². The van der Waals surface area contributed by atoms with Crippen molar-refractivity contribution >= 4 is 11.3 Å². The van der Waals surface area contributed by atoms with Crippen molar-refractivity contribution in [3.8, 4) is 11.4 Å². The third-order valence-electron chi connectivity index (χ3n) is 2.21. The summed E-state index contributed by atoms with van der Waals surface area (Å²) < 4.78 is 0. The zero-order valence-corrected chi connectivity index (χ0v) is 10.9. The van der Waals surface area contributed by atoms with E-state index in [2.05, 4.69) is 34.1 Å². The van der Waals surface area contributed by atoms with Crippen molar-refractivity contribution in [3.63, 3.8) is 0 Å². The minimum atomic E-state index is 0.662. The lowest BCUT2D eigenvalue weighted by atomic mass is 10.2. The molecule has 0 aliphatic rings. The van der Waals surface area contributed by atoms with Crippen LogP contribution < -0.4 is 5.32 Å². The first-order chi connectivity index (χ1) is 8.25. The molecule has 2 aromatic heterocycles. The van der Waals surface area contributed by atoms with Crippen molar-refractivity contribution in [3.05, 3.63) is 29.0 Å². The van der Waals surface area contributed by atoms with Gasteiger partial charge in [0.1, 0.15) is 16.4 Å². The van der Waals surface area contributed by atoms with Gasteiger partial charge < -0.3 is 5.32 Å². The van der Waals surface area contributed by atoms with Gasteiger partial charge in [0, 0.05) is 24.3 Å². The predicted octanol–water partition coefficient (Wildman–Crippen LogP) is 2.35. The maximum atomic E-state index is 4.53.